The Labute approximate surface area is 205 Å². The van der Waals surface area contributed by atoms with Crippen LogP contribution in [0.2, 0.25) is 0 Å². The first kappa shape index (κ1) is 25.2. The van der Waals surface area contributed by atoms with Crippen molar-refractivity contribution in [3.05, 3.63) is 48.0 Å². The molecule has 2 N–H and O–H groups in total. The fourth-order valence-corrected chi connectivity index (χ4v) is 5.72. The molecule has 2 aromatic rings. The van der Waals surface area contributed by atoms with Crippen molar-refractivity contribution in [3.8, 4) is 0 Å². The highest BCUT2D eigenvalue weighted by Gasteiger charge is 2.24. The van der Waals surface area contributed by atoms with E-state index in [0.29, 0.717) is 12.3 Å². The van der Waals surface area contributed by atoms with Crippen molar-refractivity contribution in [3.63, 3.8) is 0 Å². The van der Waals surface area contributed by atoms with Crippen LogP contribution in [0.5, 0.6) is 0 Å². The van der Waals surface area contributed by atoms with Crippen molar-refractivity contribution in [1.82, 2.24) is 15.3 Å². The summed E-state index contributed by atoms with van der Waals surface area (Å²) < 4.78 is 0. The quantitative estimate of drug-likeness (QED) is 0.351. The Bertz CT molecular complexity index is 883. The zero-order chi connectivity index (χ0) is 23.6. The molecule has 0 spiro atoms. The van der Waals surface area contributed by atoms with Gasteiger partial charge in [0.05, 0.1) is 6.42 Å². The summed E-state index contributed by atoms with van der Waals surface area (Å²) in [5, 5.41) is 17.9. The first-order chi connectivity index (χ1) is 16.7. The standard InChI is InChI=1S/C29H43N3O2/c33-29(21-27-13-8-12-26-11-4-5-14-28(26)27)31-19-15-25(16-20-31)23-32(34)18-7-6-17-30-22-24-9-2-1-3-10-24/h4-5,8,11-14,24-25,30,34H,1-3,6-7,9-10,15-23H2. The summed E-state index contributed by atoms with van der Waals surface area (Å²) in [6.45, 7) is 5.29. The number of fused-ring (bicyclic) bond motifs is 1. The minimum absolute atomic E-state index is 0.219. The van der Waals surface area contributed by atoms with Gasteiger partial charge in [0.15, 0.2) is 0 Å². The molecule has 186 valence electrons. The number of unbranched alkanes of at least 4 members (excludes halogenated alkanes) is 1. The Morgan fingerprint density at radius 2 is 1.71 bits per heavy atom. The molecule has 1 saturated heterocycles. The van der Waals surface area contributed by atoms with Crippen LogP contribution < -0.4 is 5.32 Å². The second-order valence-electron chi connectivity index (χ2n) is 10.5. The van der Waals surface area contributed by atoms with Crippen molar-refractivity contribution in [2.24, 2.45) is 11.8 Å². The predicted octanol–water partition coefficient (Wildman–Crippen LogP) is 5.26. The van der Waals surface area contributed by atoms with Crippen LogP contribution in [0.25, 0.3) is 10.8 Å². The topological polar surface area (TPSA) is 55.8 Å². The molecule has 0 unspecified atom stereocenters. The predicted molar refractivity (Wildman–Crippen MR) is 139 cm³/mol. The molecule has 0 bridgehead atoms. The van der Waals surface area contributed by atoms with Gasteiger partial charge in [0.25, 0.3) is 0 Å². The highest BCUT2D eigenvalue weighted by Crippen LogP contribution is 2.23. The molecule has 1 aliphatic heterocycles. The van der Waals surface area contributed by atoms with Gasteiger partial charge in [0.2, 0.25) is 5.91 Å². The van der Waals surface area contributed by atoms with Crippen molar-refractivity contribution in [2.45, 2.75) is 64.2 Å². The van der Waals surface area contributed by atoms with E-state index < -0.39 is 0 Å². The number of hydrogen-bond acceptors (Lipinski definition) is 4. The van der Waals surface area contributed by atoms with Crippen LogP contribution in [-0.2, 0) is 11.2 Å². The van der Waals surface area contributed by atoms with Gasteiger partial charge in [-0.05, 0) is 79.8 Å². The lowest BCUT2D eigenvalue weighted by Crippen LogP contribution is -2.42. The van der Waals surface area contributed by atoms with Crippen molar-refractivity contribution in [1.29, 1.82) is 0 Å². The average molecular weight is 466 g/mol. The van der Waals surface area contributed by atoms with Crippen molar-refractivity contribution in [2.75, 3.05) is 39.3 Å². The Hall–Kier alpha value is -1.95. The molecule has 5 heteroatoms. The highest BCUT2D eigenvalue weighted by molar-refractivity contribution is 5.90. The van der Waals surface area contributed by atoms with Gasteiger partial charge in [-0.3, -0.25) is 4.79 Å². The molecule has 1 saturated carbocycles. The fourth-order valence-electron chi connectivity index (χ4n) is 5.72. The van der Waals surface area contributed by atoms with E-state index in [0.717, 1.165) is 69.9 Å². The third-order valence-corrected chi connectivity index (χ3v) is 7.84. The number of carbonyl (C=O) groups excluding carboxylic acids is 1. The lowest BCUT2D eigenvalue weighted by Gasteiger charge is -2.33. The second kappa shape index (κ2) is 13.2. The number of hydrogen-bond donors (Lipinski definition) is 2. The van der Waals surface area contributed by atoms with Crippen molar-refractivity contribution < 1.29 is 10.0 Å². The summed E-state index contributed by atoms with van der Waals surface area (Å²) in [4.78, 5) is 14.9. The summed E-state index contributed by atoms with van der Waals surface area (Å²) in [7, 11) is 0. The van der Waals surface area contributed by atoms with Crippen molar-refractivity contribution >= 4 is 16.7 Å². The van der Waals surface area contributed by atoms with Crippen LogP contribution in [0, 0.1) is 11.8 Å². The van der Waals surface area contributed by atoms with Crippen LogP contribution >= 0.6 is 0 Å². The van der Waals surface area contributed by atoms with E-state index in [1.807, 2.05) is 23.1 Å². The Kier molecular flexibility index (Phi) is 9.78. The molecule has 0 radical (unpaired) electrons. The van der Waals surface area contributed by atoms with Crippen LogP contribution in [0.1, 0.15) is 63.4 Å². The van der Waals surface area contributed by atoms with E-state index in [-0.39, 0.29) is 5.91 Å². The Morgan fingerprint density at radius 1 is 0.941 bits per heavy atom. The largest absolute Gasteiger partial charge is 0.342 e. The maximum absolute atomic E-state index is 12.9. The monoisotopic (exact) mass is 465 g/mol. The number of piperidine rings is 1. The molecule has 2 aromatic carbocycles. The molecule has 2 aliphatic rings. The van der Waals surface area contributed by atoms with E-state index >= 15 is 0 Å². The van der Waals surface area contributed by atoms with E-state index in [4.69, 9.17) is 0 Å². The maximum atomic E-state index is 12.9. The fraction of sp³-hybridized carbons (Fsp3) is 0.621. The molecule has 4 rings (SSSR count). The maximum Gasteiger partial charge on any atom is 0.227 e. The van der Waals surface area contributed by atoms with E-state index in [1.165, 1.54) is 54.5 Å². The lowest BCUT2D eigenvalue weighted by molar-refractivity contribution is -0.133. The Balaban J connectivity index is 1.09. The van der Waals surface area contributed by atoms with Gasteiger partial charge < -0.3 is 15.4 Å². The third-order valence-electron chi connectivity index (χ3n) is 7.84. The molecule has 0 aromatic heterocycles. The van der Waals surface area contributed by atoms with Gasteiger partial charge in [-0.1, -0.05) is 61.7 Å². The average Bonchev–Trinajstić information content (AvgIpc) is 2.87. The van der Waals surface area contributed by atoms with Gasteiger partial charge >= 0.3 is 0 Å². The molecule has 34 heavy (non-hydrogen) atoms. The number of hydroxylamine groups is 2. The zero-order valence-corrected chi connectivity index (χ0v) is 20.8. The second-order valence-corrected chi connectivity index (χ2v) is 10.5. The van der Waals surface area contributed by atoms with Gasteiger partial charge in [0, 0.05) is 26.2 Å². The lowest BCUT2D eigenvalue weighted by atomic mass is 9.89. The summed E-state index contributed by atoms with van der Waals surface area (Å²) in [5.41, 5.74) is 1.11. The van der Waals surface area contributed by atoms with E-state index in [9.17, 15) is 10.0 Å². The van der Waals surface area contributed by atoms with Crippen LogP contribution in [-0.4, -0.2) is 60.3 Å². The van der Waals surface area contributed by atoms with Crippen LogP contribution in [0.3, 0.4) is 0 Å². The number of benzene rings is 2. The summed E-state index contributed by atoms with van der Waals surface area (Å²) in [6, 6.07) is 14.5. The molecule has 5 nitrogen and oxygen atoms in total. The number of likely N-dealkylation sites (tertiary alicyclic amines) is 1. The molecule has 0 atom stereocenters. The molecule has 2 fully saturated rings. The number of carbonyl (C=O) groups is 1. The van der Waals surface area contributed by atoms with Crippen LogP contribution in [0.4, 0.5) is 0 Å². The smallest absolute Gasteiger partial charge is 0.227 e. The SMILES string of the molecule is O=C(Cc1cccc2ccccc12)N1CCC(CN(O)CCCCNCC2CCCCC2)CC1. The van der Waals surface area contributed by atoms with Gasteiger partial charge in [-0.25, -0.2) is 0 Å². The van der Waals surface area contributed by atoms with Gasteiger partial charge in [0.1, 0.15) is 0 Å². The number of nitrogens with one attached hydrogen (secondary N) is 1. The number of amides is 1. The molecular formula is C29H43N3O2. The first-order valence-corrected chi connectivity index (χ1v) is 13.6. The number of rotatable bonds is 11. The van der Waals surface area contributed by atoms with Crippen LogP contribution in [0.15, 0.2) is 42.5 Å². The summed E-state index contributed by atoms with van der Waals surface area (Å²) in [6.07, 6.45) is 11.6. The summed E-state index contributed by atoms with van der Waals surface area (Å²) in [5.74, 6) is 1.57. The van der Waals surface area contributed by atoms with E-state index in [1.54, 1.807) is 0 Å². The van der Waals surface area contributed by atoms with Gasteiger partial charge in [-0.2, -0.15) is 5.06 Å². The number of nitrogens with zero attached hydrogens (tertiary/aromatic N) is 2. The zero-order valence-electron chi connectivity index (χ0n) is 20.8. The molecule has 1 amide bonds. The first-order valence-electron chi connectivity index (χ1n) is 13.6. The molecule has 1 heterocycles. The Morgan fingerprint density at radius 3 is 2.53 bits per heavy atom. The third kappa shape index (κ3) is 7.53. The minimum atomic E-state index is 0.219. The van der Waals surface area contributed by atoms with Gasteiger partial charge in [-0.15, -0.1) is 0 Å². The normalized spacial score (nSPS) is 18.1. The highest BCUT2D eigenvalue weighted by atomic mass is 16.5. The minimum Gasteiger partial charge on any atom is -0.342 e. The molecule has 1 aliphatic carbocycles. The molecular weight excluding hydrogens is 422 g/mol. The summed E-state index contributed by atoms with van der Waals surface area (Å²) >= 11 is 0. The van der Waals surface area contributed by atoms with E-state index in [2.05, 4.69) is 29.6 Å².